The number of hydrogen-bond acceptors (Lipinski definition) is 2. The Labute approximate surface area is 147 Å². The number of nitrogens with zero attached hydrogens (tertiary/aromatic N) is 1. The first-order chi connectivity index (χ1) is 7.43. The first-order valence-corrected chi connectivity index (χ1v) is 5.93. The van der Waals surface area contributed by atoms with Crippen molar-refractivity contribution in [1.82, 2.24) is 4.90 Å². The second-order valence-corrected chi connectivity index (χ2v) is 4.65. The number of thiophene rings is 1. The molecule has 0 aliphatic carbocycles. The summed E-state index contributed by atoms with van der Waals surface area (Å²) in [5.41, 5.74) is -0.626. The van der Waals surface area contributed by atoms with Gasteiger partial charge in [0.25, 0.3) is 0 Å². The molecule has 1 heterocycles. The summed E-state index contributed by atoms with van der Waals surface area (Å²) < 4.78 is 37.1. The third-order valence-corrected chi connectivity index (χ3v) is 3.16. The second kappa shape index (κ2) is 8.14. The number of halogens is 3. The minimum atomic E-state index is -4.91. The Morgan fingerprint density at radius 2 is 2.12 bits per heavy atom. The topological polar surface area (TPSA) is 3.24 Å². The summed E-state index contributed by atoms with van der Waals surface area (Å²) >= 11 is 1.55. The summed E-state index contributed by atoms with van der Waals surface area (Å²) in [5.74, 6) is 0. The van der Waals surface area contributed by atoms with Crippen molar-refractivity contribution in [2.24, 2.45) is 0 Å². The molecule has 0 spiro atoms. The molecule has 0 bridgehead atoms. The van der Waals surface area contributed by atoms with Gasteiger partial charge in [-0.15, -0.1) is 23.4 Å². The Bertz CT molecular complexity index is 340. The molecular formula is C10H14BF3KNS. The van der Waals surface area contributed by atoms with Gasteiger partial charge in [-0.3, -0.25) is 4.90 Å². The molecule has 0 saturated heterocycles. The molecular weight excluding hydrogens is 273 g/mol. The largest absolute Gasteiger partial charge is 1.00 e. The molecule has 0 saturated carbocycles. The van der Waals surface area contributed by atoms with E-state index < -0.39 is 12.4 Å². The van der Waals surface area contributed by atoms with E-state index in [2.05, 4.69) is 6.58 Å². The smallest absolute Gasteiger partial charge is 0.445 e. The van der Waals surface area contributed by atoms with Crippen molar-refractivity contribution >= 4 is 18.3 Å². The minimum Gasteiger partial charge on any atom is -0.445 e. The Morgan fingerprint density at radius 3 is 2.53 bits per heavy atom. The molecule has 0 amide bonds. The Kier molecular flexibility index (Phi) is 8.57. The molecule has 0 unspecified atom stereocenters. The third-order valence-electron chi connectivity index (χ3n) is 2.30. The van der Waals surface area contributed by atoms with Crippen molar-refractivity contribution in [2.75, 3.05) is 13.1 Å². The van der Waals surface area contributed by atoms with Crippen molar-refractivity contribution in [3.8, 4) is 0 Å². The van der Waals surface area contributed by atoms with E-state index in [1.807, 2.05) is 24.4 Å². The summed E-state index contributed by atoms with van der Waals surface area (Å²) in [6.45, 7) is 1.09. The van der Waals surface area contributed by atoms with E-state index in [0.29, 0.717) is 13.1 Å². The average Bonchev–Trinajstić information content (AvgIpc) is 2.67. The summed E-state index contributed by atoms with van der Waals surface area (Å²) in [6.07, 6.45) is 0. The molecule has 90 valence electrons. The van der Waals surface area contributed by atoms with Gasteiger partial charge in [-0.05, 0) is 24.5 Å². The van der Waals surface area contributed by atoms with E-state index in [0.717, 1.165) is 4.88 Å². The minimum absolute atomic E-state index is 0. The monoisotopic (exact) mass is 287 g/mol. The molecule has 0 atom stereocenters. The van der Waals surface area contributed by atoms with Crippen LogP contribution in [0, 0.1) is 0 Å². The van der Waals surface area contributed by atoms with Crippen LogP contribution in [0.3, 0.4) is 0 Å². The maximum Gasteiger partial charge on any atom is 1.00 e. The van der Waals surface area contributed by atoms with Gasteiger partial charge in [-0.1, -0.05) is 13.0 Å². The summed E-state index contributed by atoms with van der Waals surface area (Å²) in [5, 5.41) is 1.92. The van der Waals surface area contributed by atoms with Gasteiger partial charge in [0.1, 0.15) is 0 Å². The molecule has 0 aromatic carbocycles. The number of hydrogen-bond donors (Lipinski definition) is 0. The van der Waals surface area contributed by atoms with Crippen LogP contribution in [0.15, 0.2) is 29.6 Å². The van der Waals surface area contributed by atoms with Gasteiger partial charge in [-0.2, -0.15) is 0 Å². The Morgan fingerprint density at radius 1 is 1.47 bits per heavy atom. The molecule has 1 aromatic heterocycles. The van der Waals surface area contributed by atoms with E-state index in [1.165, 1.54) is 0 Å². The van der Waals surface area contributed by atoms with Crippen LogP contribution in [-0.4, -0.2) is 25.0 Å². The molecule has 0 N–H and O–H groups in total. The van der Waals surface area contributed by atoms with Crippen LogP contribution in [0.5, 0.6) is 0 Å². The fourth-order valence-electron chi connectivity index (χ4n) is 1.29. The van der Waals surface area contributed by atoms with Gasteiger partial charge in [0.15, 0.2) is 0 Å². The van der Waals surface area contributed by atoms with Crippen LogP contribution in [0.4, 0.5) is 12.9 Å². The number of likely N-dealkylation sites (N-methyl/N-ethyl adjacent to an activating group) is 1. The van der Waals surface area contributed by atoms with Crippen molar-refractivity contribution in [3.05, 3.63) is 34.4 Å². The van der Waals surface area contributed by atoms with Crippen molar-refractivity contribution in [2.45, 2.75) is 13.5 Å². The fraction of sp³-hybridized carbons (Fsp3) is 0.400. The Hall–Kier alpha value is 0.891. The van der Waals surface area contributed by atoms with Crippen molar-refractivity contribution < 1.29 is 64.3 Å². The SMILES string of the molecule is C=C(CN(CC)Cc1cccs1)[B-](F)(F)F.[K+]. The van der Waals surface area contributed by atoms with Gasteiger partial charge >= 0.3 is 58.4 Å². The van der Waals surface area contributed by atoms with Gasteiger partial charge < -0.3 is 12.9 Å². The van der Waals surface area contributed by atoms with Crippen LogP contribution in [0.2, 0.25) is 0 Å². The van der Waals surface area contributed by atoms with Gasteiger partial charge in [0.05, 0.1) is 0 Å². The molecule has 0 aliphatic rings. The van der Waals surface area contributed by atoms with Crippen LogP contribution in [-0.2, 0) is 6.54 Å². The van der Waals surface area contributed by atoms with Gasteiger partial charge in [-0.25, -0.2) is 0 Å². The molecule has 0 aliphatic heterocycles. The molecule has 1 nitrogen and oxygen atoms in total. The normalized spacial score (nSPS) is 11.4. The fourth-order valence-corrected chi connectivity index (χ4v) is 2.04. The molecule has 7 heteroatoms. The number of rotatable bonds is 6. The molecule has 1 aromatic rings. The second-order valence-electron chi connectivity index (χ2n) is 3.62. The van der Waals surface area contributed by atoms with Crippen molar-refractivity contribution in [1.29, 1.82) is 0 Å². The van der Waals surface area contributed by atoms with E-state index in [1.54, 1.807) is 16.2 Å². The van der Waals surface area contributed by atoms with E-state index in [-0.39, 0.29) is 57.9 Å². The zero-order valence-electron chi connectivity index (χ0n) is 10.1. The third kappa shape index (κ3) is 6.56. The molecule has 1 rings (SSSR count). The van der Waals surface area contributed by atoms with Crippen molar-refractivity contribution in [3.63, 3.8) is 0 Å². The van der Waals surface area contributed by atoms with Crippen LogP contribution in [0.1, 0.15) is 11.8 Å². The molecule has 17 heavy (non-hydrogen) atoms. The van der Waals surface area contributed by atoms with Crippen LogP contribution in [0.25, 0.3) is 0 Å². The maximum absolute atomic E-state index is 12.4. The van der Waals surface area contributed by atoms with Gasteiger partial charge in [0.2, 0.25) is 0 Å². The van der Waals surface area contributed by atoms with Crippen LogP contribution >= 0.6 is 11.3 Å². The molecule has 0 fully saturated rings. The van der Waals surface area contributed by atoms with Gasteiger partial charge in [0, 0.05) is 11.4 Å². The summed E-state index contributed by atoms with van der Waals surface area (Å²) in [7, 11) is 0. The quantitative estimate of drug-likeness (QED) is 0.689. The van der Waals surface area contributed by atoms with E-state index in [9.17, 15) is 12.9 Å². The zero-order valence-corrected chi connectivity index (χ0v) is 14.1. The van der Waals surface area contributed by atoms with E-state index >= 15 is 0 Å². The Balaban J connectivity index is 0.00000256. The predicted octanol–water partition coefficient (Wildman–Crippen LogP) is 0.517. The molecule has 0 radical (unpaired) electrons. The maximum atomic E-state index is 12.4. The standard InChI is InChI=1S/C10H14BF3NS.K/c1-3-15(7-9(2)11(12,13)14)8-10-5-4-6-16-10;/h4-6H,2-3,7-8H2,1H3;/q-1;+1. The average molecular weight is 287 g/mol. The first-order valence-electron chi connectivity index (χ1n) is 5.05. The first kappa shape index (κ1) is 17.9. The van der Waals surface area contributed by atoms with Crippen LogP contribution < -0.4 is 51.4 Å². The summed E-state index contributed by atoms with van der Waals surface area (Å²) in [4.78, 5) is 2.81. The van der Waals surface area contributed by atoms with E-state index in [4.69, 9.17) is 0 Å². The summed E-state index contributed by atoms with van der Waals surface area (Å²) in [6, 6.07) is 3.82. The zero-order chi connectivity index (χ0) is 12.2. The predicted molar refractivity (Wildman–Crippen MR) is 63.5 cm³/mol.